The molecule has 0 fully saturated rings. The number of rotatable bonds is 39. The highest BCUT2D eigenvalue weighted by molar-refractivity contribution is 7.46. The summed E-state index contributed by atoms with van der Waals surface area (Å²) in [6, 6.07) is 0. The summed E-state index contributed by atoms with van der Waals surface area (Å²) in [5, 5.41) is 0. The van der Waals surface area contributed by atoms with E-state index in [0.717, 1.165) is 19.3 Å². The number of hydrogen-bond acceptors (Lipinski definition) is 6. The van der Waals surface area contributed by atoms with Gasteiger partial charge in [0.25, 0.3) is 0 Å². The second-order valence-electron chi connectivity index (χ2n) is 14.3. The Balaban J connectivity index is 3.39. The van der Waals surface area contributed by atoms with E-state index in [0.29, 0.717) is 6.42 Å². The average Bonchev–Trinajstić information content (AvgIpc) is 3.06. The Hall–Kier alpha value is -0.950. The van der Waals surface area contributed by atoms with Crippen molar-refractivity contribution in [2.75, 3.05) is 13.2 Å². The van der Waals surface area contributed by atoms with Crippen molar-refractivity contribution >= 4 is 19.8 Å². The second kappa shape index (κ2) is 36.8. The van der Waals surface area contributed by atoms with E-state index in [2.05, 4.69) is 11.4 Å². The van der Waals surface area contributed by atoms with E-state index in [1.807, 2.05) is 6.92 Å². The average molecular weight is 719 g/mol. The van der Waals surface area contributed by atoms with E-state index in [9.17, 15) is 14.2 Å². The van der Waals surface area contributed by atoms with Gasteiger partial charge in [-0.15, -0.1) is 0 Å². The predicted octanol–water partition coefficient (Wildman–Crippen LogP) is 12.5. The third-order valence-corrected chi connectivity index (χ3v) is 9.83. The third kappa shape index (κ3) is 39.7. The summed E-state index contributed by atoms with van der Waals surface area (Å²) in [7, 11) is -4.71. The molecule has 0 radical (unpaired) electrons. The van der Waals surface area contributed by atoms with Crippen molar-refractivity contribution in [3.63, 3.8) is 0 Å². The van der Waals surface area contributed by atoms with Crippen LogP contribution in [0.4, 0.5) is 0 Å². The Bertz CT molecular complexity index is 771. The summed E-state index contributed by atoms with van der Waals surface area (Å²) in [4.78, 5) is 41.6. The molecule has 0 aromatic rings. The van der Waals surface area contributed by atoms with E-state index in [4.69, 9.17) is 19.3 Å². The quantitative estimate of drug-likeness (QED) is 0.0366. The first-order chi connectivity index (χ1) is 23.8. The van der Waals surface area contributed by atoms with Gasteiger partial charge in [0.2, 0.25) is 0 Å². The maximum Gasteiger partial charge on any atom is 0.469 e. The molecular weight excluding hydrogens is 639 g/mol. The predicted molar refractivity (Wildman–Crippen MR) is 203 cm³/mol. The largest absolute Gasteiger partial charge is 0.469 e. The molecule has 0 amide bonds. The normalized spacial score (nSPS) is 12.3. The molecule has 0 unspecified atom stereocenters. The van der Waals surface area contributed by atoms with Crippen molar-refractivity contribution in [1.82, 2.24) is 0 Å². The Morgan fingerprint density at radius 1 is 0.449 bits per heavy atom. The number of carbonyl (C=O) groups excluding carboxylic acids is 2. The van der Waals surface area contributed by atoms with Crippen LogP contribution >= 0.6 is 7.82 Å². The van der Waals surface area contributed by atoms with Crippen LogP contribution in [0, 0.1) is 0 Å². The monoisotopic (exact) mass is 719 g/mol. The second-order valence-corrected chi connectivity index (χ2v) is 15.6. The number of unbranched alkanes of at least 4 members (excludes halogenated alkanes) is 29. The van der Waals surface area contributed by atoms with Crippen LogP contribution in [0.15, 0.2) is 0 Å². The molecule has 292 valence electrons. The molecule has 1 atom stereocenters. The SMILES string of the molecule is CCCCCCCCCCCCCCCCCCCCCCCCCCCCCCCCC(=O)OC[C@H](COP(=O)(O)O)OC(=O)CCC. The van der Waals surface area contributed by atoms with Crippen LogP contribution < -0.4 is 0 Å². The number of ether oxygens (including phenoxy) is 2. The van der Waals surface area contributed by atoms with Crippen LogP contribution in [-0.2, 0) is 28.2 Å². The van der Waals surface area contributed by atoms with E-state index in [1.54, 1.807) is 0 Å². The minimum absolute atomic E-state index is 0.167. The highest BCUT2D eigenvalue weighted by atomic mass is 31.2. The molecule has 0 aromatic carbocycles. The zero-order chi connectivity index (χ0) is 36.1. The van der Waals surface area contributed by atoms with Gasteiger partial charge in [-0.05, 0) is 12.8 Å². The zero-order valence-corrected chi connectivity index (χ0v) is 33.0. The lowest BCUT2D eigenvalue weighted by molar-refractivity contribution is -0.161. The minimum atomic E-state index is -4.71. The Morgan fingerprint density at radius 3 is 1.08 bits per heavy atom. The highest BCUT2D eigenvalue weighted by Crippen LogP contribution is 2.36. The van der Waals surface area contributed by atoms with E-state index < -0.39 is 32.5 Å². The minimum Gasteiger partial charge on any atom is -0.462 e. The van der Waals surface area contributed by atoms with Gasteiger partial charge in [-0.3, -0.25) is 14.1 Å². The lowest BCUT2D eigenvalue weighted by Gasteiger charge is -2.18. The number of carbonyl (C=O) groups is 2. The number of phosphoric ester groups is 1. The summed E-state index contributed by atoms with van der Waals surface area (Å²) in [5.74, 6) is -0.933. The van der Waals surface area contributed by atoms with E-state index in [-0.39, 0.29) is 19.4 Å². The summed E-state index contributed by atoms with van der Waals surface area (Å²) in [6.45, 7) is 3.28. The molecule has 8 nitrogen and oxygen atoms in total. The molecule has 0 bridgehead atoms. The first kappa shape index (κ1) is 48.0. The molecule has 0 aromatic heterocycles. The summed E-state index contributed by atoms with van der Waals surface area (Å²) >= 11 is 0. The molecular formula is C40H79O8P. The van der Waals surface area contributed by atoms with Gasteiger partial charge in [-0.1, -0.05) is 200 Å². The van der Waals surface area contributed by atoms with Crippen LogP contribution in [0.3, 0.4) is 0 Å². The maximum absolute atomic E-state index is 12.1. The fourth-order valence-electron chi connectivity index (χ4n) is 6.30. The van der Waals surface area contributed by atoms with E-state index in [1.165, 1.54) is 173 Å². The van der Waals surface area contributed by atoms with Gasteiger partial charge in [-0.25, -0.2) is 4.57 Å². The van der Waals surface area contributed by atoms with Gasteiger partial charge in [0.1, 0.15) is 6.61 Å². The molecule has 0 aliphatic heterocycles. The molecule has 0 heterocycles. The van der Waals surface area contributed by atoms with Crippen LogP contribution in [0.2, 0.25) is 0 Å². The molecule has 0 spiro atoms. The molecule has 9 heteroatoms. The van der Waals surface area contributed by atoms with Crippen molar-refractivity contribution in [2.45, 2.75) is 232 Å². The number of esters is 2. The van der Waals surface area contributed by atoms with E-state index >= 15 is 0 Å². The lowest BCUT2D eigenvalue weighted by atomic mass is 10.0. The maximum atomic E-state index is 12.1. The molecule has 0 saturated heterocycles. The lowest BCUT2D eigenvalue weighted by Crippen LogP contribution is -2.29. The van der Waals surface area contributed by atoms with Gasteiger partial charge in [0, 0.05) is 12.8 Å². The molecule has 0 rings (SSSR count). The Labute approximate surface area is 302 Å². The first-order valence-electron chi connectivity index (χ1n) is 20.8. The Morgan fingerprint density at radius 2 is 0.776 bits per heavy atom. The van der Waals surface area contributed by atoms with Gasteiger partial charge in [0.15, 0.2) is 6.10 Å². The van der Waals surface area contributed by atoms with Crippen LogP contribution in [0.5, 0.6) is 0 Å². The van der Waals surface area contributed by atoms with Crippen LogP contribution in [0.25, 0.3) is 0 Å². The Kier molecular flexibility index (Phi) is 36.1. The molecule has 49 heavy (non-hydrogen) atoms. The smallest absolute Gasteiger partial charge is 0.462 e. The third-order valence-electron chi connectivity index (χ3n) is 9.35. The fraction of sp³-hybridized carbons (Fsp3) is 0.950. The summed E-state index contributed by atoms with van der Waals surface area (Å²) in [5.41, 5.74) is 0. The van der Waals surface area contributed by atoms with Gasteiger partial charge < -0.3 is 19.3 Å². The number of hydrogen-bond donors (Lipinski definition) is 2. The summed E-state index contributed by atoms with van der Waals surface area (Å²) < 4.78 is 25.7. The zero-order valence-electron chi connectivity index (χ0n) is 32.1. The van der Waals surface area contributed by atoms with Gasteiger partial charge in [-0.2, -0.15) is 0 Å². The van der Waals surface area contributed by atoms with Crippen LogP contribution in [0.1, 0.15) is 226 Å². The number of phosphoric acid groups is 1. The standard InChI is InChI=1S/C40H79O8P/c1-3-5-6-7-8-9-10-11-12-13-14-15-16-17-18-19-20-21-22-23-24-25-26-27-28-29-30-31-32-33-35-39(41)46-36-38(37-47-49(43,44)45)48-40(42)34-4-2/h38H,3-37H2,1-2H3,(H2,43,44,45)/t38-/m1/s1. The van der Waals surface area contributed by atoms with Gasteiger partial charge >= 0.3 is 19.8 Å². The molecule has 0 saturated carbocycles. The van der Waals surface area contributed by atoms with Crippen molar-refractivity contribution in [3.05, 3.63) is 0 Å². The molecule has 0 aliphatic carbocycles. The van der Waals surface area contributed by atoms with Crippen molar-refractivity contribution < 1.29 is 37.9 Å². The molecule has 2 N–H and O–H groups in total. The van der Waals surface area contributed by atoms with Crippen molar-refractivity contribution in [1.29, 1.82) is 0 Å². The van der Waals surface area contributed by atoms with Crippen molar-refractivity contribution in [2.24, 2.45) is 0 Å². The van der Waals surface area contributed by atoms with Crippen molar-refractivity contribution in [3.8, 4) is 0 Å². The fourth-order valence-corrected chi connectivity index (χ4v) is 6.66. The first-order valence-corrected chi connectivity index (χ1v) is 22.4. The summed E-state index contributed by atoms with van der Waals surface area (Å²) in [6.07, 6.45) is 40.6. The molecule has 0 aliphatic rings. The van der Waals surface area contributed by atoms with Gasteiger partial charge in [0.05, 0.1) is 6.61 Å². The topological polar surface area (TPSA) is 119 Å². The van der Waals surface area contributed by atoms with Crippen LogP contribution in [-0.4, -0.2) is 41.0 Å². The highest BCUT2D eigenvalue weighted by Gasteiger charge is 2.22.